The molecule has 2 heterocycles. The highest BCUT2D eigenvalue weighted by atomic mass is 32.2. The van der Waals surface area contributed by atoms with E-state index in [-0.39, 0.29) is 22.7 Å². The molecule has 2 aromatic rings. The van der Waals surface area contributed by atoms with E-state index >= 15 is 0 Å². The Morgan fingerprint density at radius 2 is 1.81 bits per heavy atom. The fourth-order valence-electron chi connectivity index (χ4n) is 4.31. The first-order valence-corrected chi connectivity index (χ1v) is 9.91. The predicted molar refractivity (Wildman–Crippen MR) is 95.1 cm³/mol. The summed E-state index contributed by atoms with van der Waals surface area (Å²) in [5.41, 5.74) is -2.37. The van der Waals surface area contributed by atoms with Crippen LogP contribution in [0.15, 0.2) is 33.5 Å². The van der Waals surface area contributed by atoms with Gasteiger partial charge in [0.25, 0.3) is 0 Å². The predicted octanol–water partition coefficient (Wildman–Crippen LogP) is 1.95. The lowest BCUT2D eigenvalue weighted by Gasteiger charge is -2.35. The number of ether oxygens (including phenoxy) is 1. The van der Waals surface area contributed by atoms with Crippen molar-refractivity contribution in [3.63, 3.8) is 0 Å². The van der Waals surface area contributed by atoms with Crippen LogP contribution >= 0.6 is 0 Å². The maximum Gasteiger partial charge on any atom is 0.380 e. The lowest BCUT2D eigenvalue weighted by atomic mass is 9.65. The van der Waals surface area contributed by atoms with Crippen molar-refractivity contribution in [3.8, 4) is 5.75 Å². The van der Waals surface area contributed by atoms with Gasteiger partial charge in [0.2, 0.25) is 0 Å². The first-order chi connectivity index (χ1) is 12.4. The van der Waals surface area contributed by atoms with E-state index in [9.17, 15) is 18.0 Å². The summed E-state index contributed by atoms with van der Waals surface area (Å²) in [7, 11) is -4.21. The summed E-state index contributed by atoms with van der Waals surface area (Å²) in [6.45, 7) is 5.76. The number of hydrogen-bond acceptors (Lipinski definition) is 7. The van der Waals surface area contributed by atoms with Crippen molar-refractivity contribution in [2.24, 2.45) is 16.0 Å². The van der Waals surface area contributed by atoms with Crippen molar-refractivity contribution in [2.75, 3.05) is 0 Å². The first-order valence-electron chi connectivity index (χ1n) is 8.44. The molecule has 1 aromatic carbocycles. The number of rotatable bonds is 3. The molecule has 8 nitrogen and oxygen atoms in total. The van der Waals surface area contributed by atoms with Crippen molar-refractivity contribution >= 4 is 27.2 Å². The maximum atomic E-state index is 12.7. The SMILES string of the molecule is CC12CCC(c3cc(=O)c4cc(OS(N)(=O)=O)ccc4o3)(OC1=O)C2(C)C. The smallest absolute Gasteiger partial charge is 0.380 e. The molecule has 1 aliphatic heterocycles. The molecular formula is C18H19NO7S. The summed E-state index contributed by atoms with van der Waals surface area (Å²) >= 11 is 0. The average Bonchev–Trinajstić information content (AvgIpc) is 2.84. The highest BCUT2D eigenvalue weighted by Crippen LogP contribution is 2.69. The van der Waals surface area contributed by atoms with Crippen molar-refractivity contribution in [2.45, 2.75) is 39.2 Å². The second-order valence-electron chi connectivity index (χ2n) is 7.88. The van der Waals surface area contributed by atoms with Crippen molar-refractivity contribution in [1.82, 2.24) is 0 Å². The zero-order chi connectivity index (χ0) is 19.8. The molecule has 144 valence electrons. The number of nitrogens with two attached hydrogens (primary N) is 1. The fraction of sp³-hybridized carbons (Fsp3) is 0.444. The van der Waals surface area contributed by atoms with E-state index in [1.807, 2.05) is 20.8 Å². The fourth-order valence-corrected chi connectivity index (χ4v) is 4.68. The van der Waals surface area contributed by atoms with E-state index in [0.29, 0.717) is 18.6 Å². The standard InChI is InChI=1S/C18H19NO7S/c1-16(2)17(3)6-7-18(16,25-15(17)21)14-9-12(20)11-8-10(26-27(19,22)23)4-5-13(11)24-14/h4-5,8-9H,6-7H2,1-3H3,(H2,19,22,23). The van der Waals surface area contributed by atoms with Gasteiger partial charge in [0.1, 0.15) is 11.3 Å². The number of carbonyl (C=O) groups excluding carboxylic acids is 1. The van der Waals surface area contributed by atoms with Gasteiger partial charge in [-0.05, 0) is 38.0 Å². The van der Waals surface area contributed by atoms with E-state index in [0.717, 1.165) is 0 Å². The van der Waals surface area contributed by atoms with Gasteiger partial charge in [-0.3, -0.25) is 9.59 Å². The van der Waals surface area contributed by atoms with Crippen LogP contribution in [-0.2, 0) is 25.4 Å². The molecule has 2 bridgehead atoms. The monoisotopic (exact) mass is 393 g/mol. The Morgan fingerprint density at radius 3 is 2.37 bits per heavy atom. The minimum absolute atomic E-state index is 0.0933. The normalized spacial score (nSPS) is 29.1. The molecule has 2 N–H and O–H groups in total. The van der Waals surface area contributed by atoms with Gasteiger partial charge in [-0.2, -0.15) is 13.6 Å². The Morgan fingerprint density at radius 1 is 1.11 bits per heavy atom. The molecule has 1 aliphatic carbocycles. The van der Waals surface area contributed by atoms with Crippen LogP contribution in [0.4, 0.5) is 0 Å². The highest BCUT2D eigenvalue weighted by molar-refractivity contribution is 7.84. The van der Waals surface area contributed by atoms with E-state index in [2.05, 4.69) is 4.18 Å². The molecule has 0 radical (unpaired) electrons. The second-order valence-corrected chi connectivity index (χ2v) is 9.03. The van der Waals surface area contributed by atoms with Crippen LogP contribution in [0.5, 0.6) is 5.75 Å². The molecule has 4 rings (SSSR count). The van der Waals surface area contributed by atoms with Gasteiger partial charge >= 0.3 is 16.3 Å². The maximum absolute atomic E-state index is 12.7. The Bertz CT molecular complexity index is 1150. The number of fused-ring (bicyclic) bond motifs is 3. The molecule has 2 unspecified atom stereocenters. The Labute approximate surface area is 155 Å². The molecule has 0 amide bonds. The topological polar surface area (TPSA) is 126 Å². The number of esters is 1. The Hall–Kier alpha value is -2.39. The molecule has 27 heavy (non-hydrogen) atoms. The molecule has 1 aromatic heterocycles. The molecule has 0 spiro atoms. The third-order valence-electron chi connectivity index (χ3n) is 6.39. The average molecular weight is 393 g/mol. The van der Waals surface area contributed by atoms with E-state index in [4.69, 9.17) is 14.3 Å². The summed E-state index contributed by atoms with van der Waals surface area (Å²) in [4.78, 5) is 25.1. The summed E-state index contributed by atoms with van der Waals surface area (Å²) in [5, 5.41) is 4.99. The van der Waals surface area contributed by atoms with Gasteiger partial charge in [0.05, 0.1) is 10.8 Å². The summed E-state index contributed by atoms with van der Waals surface area (Å²) in [5.74, 6) is -0.0950. The van der Waals surface area contributed by atoms with Gasteiger partial charge in [-0.1, -0.05) is 13.8 Å². The number of benzene rings is 1. The summed E-state index contributed by atoms with van der Waals surface area (Å²) in [6, 6.07) is 5.31. The van der Waals surface area contributed by atoms with Gasteiger partial charge in [0.15, 0.2) is 16.8 Å². The van der Waals surface area contributed by atoms with Crippen LogP contribution in [-0.4, -0.2) is 14.4 Å². The van der Waals surface area contributed by atoms with Crippen molar-refractivity contribution in [1.29, 1.82) is 0 Å². The van der Waals surface area contributed by atoms with Gasteiger partial charge in [-0.25, -0.2) is 0 Å². The minimum atomic E-state index is -4.21. The number of hydrogen-bond donors (Lipinski definition) is 1. The van der Waals surface area contributed by atoms with Gasteiger partial charge in [0, 0.05) is 11.5 Å². The first kappa shape index (κ1) is 18.0. The highest BCUT2D eigenvalue weighted by Gasteiger charge is 2.74. The Balaban J connectivity index is 1.87. The quantitative estimate of drug-likeness (QED) is 0.790. The van der Waals surface area contributed by atoms with E-state index < -0.39 is 32.2 Å². The summed E-state index contributed by atoms with van der Waals surface area (Å²) < 4.78 is 38.5. The number of carbonyl (C=O) groups is 1. The minimum Gasteiger partial charge on any atom is -0.456 e. The van der Waals surface area contributed by atoms with E-state index in [1.54, 1.807) is 0 Å². The second kappa shape index (κ2) is 5.11. The molecule has 1 saturated heterocycles. The molecule has 1 saturated carbocycles. The van der Waals surface area contributed by atoms with Crippen LogP contribution < -0.4 is 14.8 Å². The van der Waals surface area contributed by atoms with Gasteiger partial charge in [-0.15, -0.1) is 0 Å². The Kier molecular flexibility index (Phi) is 3.40. The van der Waals surface area contributed by atoms with Crippen molar-refractivity contribution < 1.29 is 26.5 Å². The summed E-state index contributed by atoms with van der Waals surface area (Å²) in [6.07, 6.45) is 1.20. The van der Waals surface area contributed by atoms with Crippen molar-refractivity contribution in [3.05, 3.63) is 40.2 Å². The zero-order valence-corrected chi connectivity index (χ0v) is 15.9. The third kappa shape index (κ3) is 2.28. The third-order valence-corrected chi connectivity index (χ3v) is 6.82. The molecular weight excluding hydrogens is 374 g/mol. The molecule has 9 heteroatoms. The van der Waals surface area contributed by atoms with Crippen LogP contribution in [0.25, 0.3) is 11.0 Å². The van der Waals surface area contributed by atoms with Crippen LogP contribution in [0.1, 0.15) is 39.4 Å². The van der Waals surface area contributed by atoms with Crippen LogP contribution in [0, 0.1) is 10.8 Å². The molecule has 2 atom stereocenters. The van der Waals surface area contributed by atoms with Crippen LogP contribution in [0.3, 0.4) is 0 Å². The zero-order valence-electron chi connectivity index (χ0n) is 15.1. The lowest BCUT2D eigenvalue weighted by molar-refractivity contribution is -0.163. The molecule has 2 aliphatic rings. The largest absolute Gasteiger partial charge is 0.456 e. The van der Waals surface area contributed by atoms with Gasteiger partial charge < -0.3 is 13.3 Å². The van der Waals surface area contributed by atoms with Crippen LogP contribution in [0.2, 0.25) is 0 Å². The lowest BCUT2D eigenvalue weighted by Crippen LogP contribution is -2.39. The van der Waals surface area contributed by atoms with E-state index in [1.165, 1.54) is 24.3 Å². The molecule has 2 fully saturated rings.